The maximum atomic E-state index is 13.1. The van der Waals surface area contributed by atoms with Gasteiger partial charge in [0.15, 0.2) is 0 Å². The summed E-state index contributed by atoms with van der Waals surface area (Å²) in [7, 11) is 0. The number of amides is 2. The van der Waals surface area contributed by atoms with E-state index in [1.54, 1.807) is 0 Å². The molecule has 2 saturated heterocycles. The smallest absolute Gasteiger partial charge is 0.321 e. The van der Waals surface area contributed by atoms with E-state index in [2.05, 4.69) is 15.5 Å². The van der Waals surface area contributed by atoms with E-state index < -0.39 is 0 Å². The van der Waals surface area contributed by atoms with Crippen LogP contribution in [0, 0.1) is 5.92 Å². The number of urea groups is 1. The van der Waals surface area contributed by atoms with E-state index in [0.717, 1.165) is 54.3 Å². The molecule has 0 saturated carbocycles. The maximum Gasteiger partial charge on any atom is 0.322 e. The lowest BCUT2D eigenvalue weighted by atomic mass is 9.85. The normalized spacial score (nSPS) is 22.7. The molecule has 2 aliphatic heterocycles. The highest BCUT2D eigenvalue weighted by Gasteiger charge is 2.33. The van der Waals surface area contributed by atoms with Crippen LogP contribution in [0.3, 0.4) is 0 Å². The Labute approximate surface area is 178 Å². The van der Waals surface area contributed by atoms with Gasteiger partial charge in [-0.15, -0.1) is 0 Å². The van der Waals surface area contributed by atoms with Crippen LogP contribution in [-0.4, -0.2) is 36.6 Å². The van der Waals surface area contributed by atoms with Crippen LogP contribution in [0.4, 0.5) is 10.5 Å². The third-order valence-corrected chi connectivity index (χ3v) is 6.63. The summed E-state index contributed by atoms with van der Waals surface area (Å²) < 4.78 is 0. The van der Waals surface area contributed by atoms with Crippen LogP contribution < -0.4 is 10.6 Å². The quantitative estimate of drug-likeness (QED) is 0.672. The van der Waals surface area contributed by atoms with E-state index in [9.17, 15) is 4.79 Å². The predicted molar refractivity (Wildman–Crippen MR) is 120 cm³/mol. The van der Waals surface area contributed by atoms with Gasteiger partial charge >= 0.3 is 6.03 Å². The Balaban J connectivity index is 1.44. The number of hydrogen-bond donors (Lipinski definition) is 2. The van der Waals surface area contributed by atoms with Crippen LogP contribution >= 0.6 is 11.6 Å². The van der Waals surface area contributed by atoms with Gasteiger partial charge in [-0.05, 0) is 81.3 Å². The molecule has 2 fully saturated rings. The highest BCUT2D eigenvalue weighted by Crippen LogP contribution is 2.31. The van der Waals surface area contributed by atoms with Gasteiger partial charge < -0.3 is 15.5 Å². The first-order chi connectivity index (χ1) is 14.2. The van der Waals surface area contributed by atoms with Gasteiger partial charge in [0.05, 0.1) is 0 Å². The summed E-state index contributed by atoms with van der Waals surface area (Å²) in [6, 6.07) is 16.2. The number of piperidine rings is 1. The second-order valence-electron chi connectivity index (χ2n) is 8.18. The summed E-state index contributed by atoms with van der Waals surface area (Å²) >= 11 is 6.30. The zero-order valence-electron chi connectivity index (χ0n) is 16.9. The minimum atomic E-state index is 0.0393. The fourth-order valence-electron chi connectivity index (χ4n) is 4.75. The number of hydrogen-bond acceptors (Lipinski definition) is 2. The molecule has 2 amide bonds. The number of anilines is 1. The maximum absolute atomic E-state index is 13.1. The van der Waals surface area contributed by atoms with Gasteiger partial charge in [0.1, 0.15) is 0 Å². The number of carbonyl (C=O) groups is 1. The van der Waals surface area contributed by atoms with Crippen LogP contribution in [0.5, 0.6) is 0 Å². The van der Waals surface area contributed by atoms with Crippen LogP contribution in [0.25, 0.3) is 11.1 Å². The van der Waals surface area contributed by atoms with Crippen molar-refractivity contribution in [2.45, 2.75) is 44.6 Å². The van der Waals surface area contributed by atoms with Crippen molar-refractivity contribution in [1.29, 1.82) is 0 Å². The highest BCUT2D eigenvalue weighted by molar-refractivity contribution is 6.33. The van der Waals surface area contributed by atoms with E-state index in [0.29, 0.717) is 12.0 Å². The Hall–Kier alpha value is -2.04. The van der Waals surface area contributed by atoms with Gasteiger partial charge in [0, 0.05) is 28.9 Å². The average molecular weight is 412 g/mol. The molecule has 4 nitrogen and oxygen atoms in total. The molecule has 0 aliphatic carbocycles. The first-order valence-electron chi connectivity index (χ1n) is 10.9. The molecule has 4 rings (SSSR count). The lowest BCUT2D eigenvalue weighted by Gasteiger charge is -2.40. The number of likely N-dealkylation sites (tertiary alicyclic amines) is 1. The Morgan fingerprint density at radius 3 is 2.62 bits per heavy atom. The zero-order chi connectivity index (χ0) is 20.1. The van der Waals surface area contributed by atoms with Crippen molar-refractivity contribution in [3.63, 3.8) is 0 Å². The summed E-state index contributed by atoms with van der Waals surface area (Å²) in [6.07, 6.45) is 7.05. The molecular formula is C24H30ClN3O. The van der Waals surface area contributed by atoms with E-state index in [-0.39, 0.29) is 6.03 Å². The third kappa shape index (κ3) is 4.93. The lowest BCUT2D eigenvalue weighted by molar-refractivity contribution is 0.121. The summed E-state index contributed by atoms with van der Waals surface area (Å²) in [6.45, 7) is 3.03. The van der Waals surface area contributed by atoms with E-state index >= 15 is 0 Å². The van der Waals surface area contributed by atoms with Crippen molar-refractivity contribution in [3.05, 3.63) is 53.6 Å². The van der Waals surface area contributed by atoms with Crippen LogP contribution in [0.2, 0.25) is 5.02 Å². The molecule has 2 N–H and O–H groups in total. The first-order valence-corrected chi connectivity index (χ1v) is 11.2. The Morgan fingerprint density at radius 1 is 0.966 bits per heavy atom. The minimum Gasteiger partial charge on any atom is -0.321 e. The van der Waals surface area contributed by atoms with Crippen molar-refractivity contribution < 1.29 is 4.79 Å². The van der Waals surface area contributed by atoms with Crippen molar-refractivity contribution >= 4 is 23.3 Å². The van der Waals surface area contributed by atoms with E-state index in [1.165, 1.54) is 25.7 Å². The highest BCUT2D eigenvalue weighted by atomic mass is 35.5. The van der Waals surface area contributed by atoms with Gasteiger partial charge in [-0.3, -0.25) is 0 Å². The summed E-state index contributed by atoms with van der Waals surface area (Å²) in [5, 5.41) is 7.36. The van der Waals surface area contributed by atoms with Gasteiger partial charge in [0.2, 0.25) is 0 Å². The predicted octanol–water partition coefficient (Wildman–Crippen LogP) is 5.78. The SMILES string of the molecule is O=C(Nc1ccc(-c2ccccc2Cl)cc1)N1CCCCC1C1CCCNCC1. The number of halogens is 1. The number of nitrogens with zero attached hydrogens (tertiary/aromatic N) is 1. The van der Waals surface area contributed by atoms with Crippen molar-refractivity contribution in [2.75, 3.05) is 25.0 Å². The molecule has 2 atom stereocenters. The topological polar surface area (TPSA) is 44.4 Å². The molecule has 5 heteroatoms. The molecule has 2 aliphatic rings. The molecular weight excluding hydrogens is 382 g/mol. The fraction of sp³-hybridized carbons (Fsp3) is 0.458. The summed E-state index contributed by atoms with van der Waals surface area (Å²) in [4.78, 5) is 15.2. The van der Waals surface area contributed by atoms with Crippen LogP contribution in [0.15, 0.2) is 48.5 Å². The first kappa shape index (κ1) is 20.2. The lowest BCUT2D eigenvalue weighted by Crippen LogP contribution is -2.49. The molecule has 29 heavy (non-hydrogen) atoms. The fourth-order valence-corrected chi connectivity index (χ4v) is 5.00. The molecule has 0 aromatic heterocycles. The molecule has 2 aromatic carbocycles. The van der Waals surface area contributed by atoms with Crippen LogP contribution in [-0.2, 0) is 0 Å². The van der Waals surface area contributed by atoms with E-state index in [4.69, 9.17) is 11.6 Å². The van der Waals surface area contributed by atoms with Crippen molar-refractivity contribution in [2.24, 2.45) is 5.92 Å². The van der Waals surface area contributed by atoms with Gasteiger partial charge in [0.25, 0.3) is 0 Å². The Morgan fingerprint density at radius 2 is 1.79 bits per heavy atom. The molecule has 2 unspecified atom stereocenters. The monoisotopic (exact) mass is 411 g/mol. The second kappa shape index (κ2) is 9.64. The Bertz CT molecular complexity index is 815. The molecule has 0 spiro atoms. The number of rotatable bonds is 3. The standard InChI is InChI=1S/C24H30ClN3O/c25-22-8-2-1-7-21(22)18-10-12-20(13-11-18)27-24(29)28-17-4-3-9-23(28)19-6-5-15-26-16-14-19/h1-2,7-8,10-13,19,23,26H,3-6,9,14-17H2,(H,27,29). The zero-order valence-corrected chi connectivity index (χ0v) is 17.6. The molecule has 0 radical (unpaired) electrons. The minimum absolute atomic E-state index is 0.0393. The van der Waals surface area contributed by atoms with Crippen molar-refractivity contribution in [1.82, 2.24) is 10.2 Å². The number of nitrogens with one attached hydrogen (secondary N) is 2. The van der Waals surface area contributed by atoms with Crippen molar-refractivity contribution in [3.8, 4) is 11.1 Å². The van der Waals surface area contributed by atoms with E-state index in [1.807, 2.05) is 48.5 Å². The average Bonchev–Trinajstić information content (AvgIpc) is 3.04. The molecule has 0 bridgehead atoms. The molecule has 2 heterocycles. The third-order valence-electron chi connectivity index (χ3n) is 6.30. The largest absolute Gasteiger partial charge is 0.322 e. The number of carbonyl (C=O) groups excluding carboxylic acids is 1. The molecule has 154 valence electrons. The van der Waals surface area contributed by atoms with Gasteiger partial charge in [-0.25, -0.2) is 4.79 Å². The number of benzene rings is 2. The Kier molecular flexibility index (Phi) is 6.73. The van der Waals surface area contributed by atoms with Crippen LogP contribution in [0.1, 0.15) is 38.5 Å². The summed E-state index contributed by atoms with van der Waals surface area (Å²) in [5.74, 6) is 0.610. The second-order valence-corrected chi connectivity index (χ2v) is 8.59. The molecule has 2 aromatic rings. The van der Waals surface area contributed by atoms with Gasteiger partial charge in [-0.2, -0.15) is 0 Å². The summed E-state index contributed by atoms with van der Waals surface area (Å²) in [5.41, 5.74) is 2.89. The van der Waals surface area contributed by atoms with Gasteiger partial charge in [-0.1, -0.05) is 41.9 Å².